The Bertz CT molecular complexity index is 894. The van der Waals surface area contributed by atoms with Crippen LogP contribution in [0.15, 0.2) is 31.7 Å². The van der Waals surface area contributed by atoms with Gasteiger partial charge in [-0.25, -0.2) is 0 Å². The maximum atomic E-state index is 5.69. The quantitative estimate of drug-likeness (QED) is 0.0650. The minimum Gasteiger partial charge on any atom is -0.780 e. The molecule has 1 nitrogen and oxygen atoms in total. The van der Waals surface area contributed by atoms with Crippen LogP contribution in [-0.2, 0) is 67.0 Å². The van der Waals surface area contributed by atoms with E-state index in [4.69, 9.17) is 120 Å². The fourth-order valence-electron chi connectivity index (χ4n) is 3.96. The first kappa shape index (κ1) is 44.6. The van der Waals surface area contributed by atoms with Gasteiger partial charge in [-0.1, -0.05) is 123 Å². The number of nitrogens with zero attached hydrogens (tertiary/aromatic N) is 1. The van der Waals surface area contributed by atoms with E-state index in [0.717, 1.165) is 0 Å². The normalized spacial score (nSPS) is 10.7. The monoisotopic (exact) mass is 798 g/mol. The zero-order chi connectivity index (χ0) is 30.9. The summed E-state index contributed by atoms with van der Waals surface area (Å²) in [7, 11) is 0. The molecule has 0 aliphatic carbocycles. The molecule has 0 amide bonds. The molecule has 0 atom stereocenters. The summed E-state index contributed by atoms with van der Waals surface area (Å²) >= 11 is 53.5. The third-order valence-electron chi connectivity index (χ3n) is 6.37. The van der Waals surface area contributed by atoms with Crippen molar-refractivity contribution >= 4 is 120 Å². The molecule has 0 unspecified atom stereocenters. The van der Waals surface area contributed by atoms with Crippen LogP contribution in [0.2, 0.25) is 30.1 Å². The van der Waals surface area contributed by atoms with Gasteiger partial charge in [-0.2, -0.15) is 19.6 Å². The number of benzene rings is 2. The first-order valence-electron chi connectivity index (χ1n) is 13.7. The van der Waals surface area contributed by atoms with Crippen molar-refractivity contribution in [3.8, 4) is 0 Å². The van der Waals surface area contributed by atoms with Gasteiger partial charge in [0, 0.05) is 20.1 Å². The van der Waals surface area contributed by atoms with E-state index in [2.05, 4.69) is 27.7 Å². The van der Waals surface area contributed by atoms with Gasteiger partial charge in [-0.15, -0.1) is 0 Å². The van der Waals surface area contributed by atoms with E-state index in [0.29, 0.717) is 49.7 Å². The summed E-state index contributed by atoms with van der Waals surface area (Å²) < 4.78 is 1.43. The second-order valence-corrected chi connectivity index (χ2v) is 13.6. The Kier molecular flexibility index (Phi) is 26.9. The van der Waals surface area contributed by atoms with Gasteiger partial charge in [0.2, 0.25) is 0 Å². The molecule has 0 fully saturated rings. The molecule has 41 heavy (non-hydrogen) atoms. The van der Waals surface area contributed by atoms with Gasteiger partial charge in [-0.05, 0) is 44.2 Å². The van der Waals surface area contributed by atoms with Crippen molar-refractivity contribution in [1.29, 1.82) is 0 Å². The largest absolute Gasteiger partial charge is 3.00 e. The Morgan fingerprint density at radius 2 is 0.756 bits per heavy atom. The molecule has 0 aliphatic rings. The predicted molar refractivity (Wildman–Crippen MR) is 189 cm³/mol. The Hall–Kier alpha value is 1.51. The zero-order valence-electron chi connectivity index (χ0n) is 24.0. The minimum absolute atomic E-state index is 0. The van der Waals surface area contributed by atoms with Crippen LogP contribution in [0.1, 0.15) is 85.5 Å². The van der Waals surface area contributed by atoms with E-state index in [1.54, 1.807) is 0 Å². The molecule has 0 saturated heterocycles. The number of quaternary nitrogens is 1. The second-order valence-electron chi connectivity index (χ2n) is 9.63. The van der Waals surface area contributed by atoms with Crippen LogP contribution in [0.3, 0.4) is 0 Å². The van der Waals surface area contributed by atoms with Gasteiger partial charge in [0.25, 0.3) is 0 Å². The Balaban J connectivity index is 0. The van der Waals surface area contributed by atoms with Crippen molar-refractivity contribution in [2.45, 2.75) is 105 Å². The van der Waals surface area contributed by atoms with E-state index < -0.39 is 0 Å². The predicted octanol–water partition coefficient (Wildman–Crippen LogP) is 12.3. The summed E-state index contributed by atoms with van der Waals surface area (Å²) in [6.45, 7) is 15.0. The first-order valence-corrected chi connectivity index (χ1v) is 17.6. The average molecular weight is 802 g/mol. The van der Waals surface area contributed by atoms with Crippen LogP contribution >= 0.6 is 69.6 Å². The Morgan fingerprint density at radius 3 is 1.05 bits per heavy atom. The number of unbranched alkanes of at least 4 members (excludes halogenated alkanes) is 5. The van der Waals surface area contributed by atoms with Crippen LogP contribution in [0, 0.1) is 0 Å². The molecule has 0 aliphatic heterocycles. The number of hydrogen-bond acceptors (Lipinski definition) is 4. The number of halogens is 6. The van der Waals surface area contributed by atoms with Crippen molar-refractivity contribution in [2.75, 3.05) is 26.2 Å². The summed E-state index contributed by atoms with van der Waals surface area (Å²) in [6.07, 6.45) is 12.5. The van der Waals surface area contributed by atoms with Crippen molar-refractivity contribution < 1.29 is 21.0 Å². The number of rotatable bonds is 13. The maximum Gasteiger partial charge on any atom is 3.00 e. The average Bonchev–Trinajstić information content (AvgIpc) is 2.94. The summed E-state index contributed by atoms with van der Waals surface area (Å²) in [5, 5.41) is 2.04. The second kappa shape index (κ2) is 24.7. The molecule has 237 valence electrons. The molecule has 0 heterocycles. The summed E-state index contributed by atoms with van der Waals surface area (Å²) in [5.74, 6) is 0. The van der Waals surface area contributed by atoms with Crippen molar-refractivity contribution in [3.05, 3.63) is 42.3 Å². The summed E-state index contributed by atoms with van der Waals surface area (Å²) in [6, 6.07) is 2.98. The molecule has 1 radical (unpaired) electrons. The maximum absolute atomic E-state index is 5.69. The molecule has 0 aromatic heterocycles. The van der Waals surface area contributed by atoms with E-state index in [1.165, 1.54) is 101 Å². The molecular formula is C29H40Cl6NNiS4. The van der Waals surface area contributed by atoms with Gasteiger partial charge >= 0.3 is 16.5 Å². The van der Waals surface area contributed by atoms with E-state index in [9.17, 15) is 0 Å². The molecular weight excluding hydrogens is 762 g/mol. The molecule has 0 saturated carbocycles. The topological polar surface area (TPSA) is 0 Å². The zero-order valence-corrected chi connectivity index (χ0v) is 32.8. The molecule has 2 aromatic rings. The minimum atomic E-state index is 0. The van der Waals surface area contributed by atoms with Crippen LogP contribution in [0.4, 0.5) is 0 Å². The molecule has 2 aromatic carbocycles. The number of hydrogen-bond donors (Lipinski definition) is 0. The van der Waals surface area contributed by atoms with Crippen LogP contribution in [-0.4, -0.2) is 30.7 Å². The SMILES string of the molecule is CCCCC[N+](CCCC)(CCCC)CCCC.[Ni+3].[S-]c1c(Cl)cc(Cl)c(Cl)c1[S-].[S-]c1c(Cl)cc(Cl)c(Cl)c1[S-]. The van der Waals surface area contributed by atoms with Crippen molar-refractivity contribution in [1.82, 2.24) is 0 Å². The van der Waals surface area contributed by atoms with Crippen molar-refractivity contribution in [3.63, 3.8) is 0 Å². The summed E-state index contributed by atoms with van der Waals surface area (Å²) in [4.78, 5) is 1.46. The van der Waals surface area contributed by atoms with Crippen LogP contribution in [0.25, 0.3) is 0 Å². The van der Waals surface area contributed by atoms with Gasteiger partial charge < -0.3 is 55.0 Å². The first-order chi connectivity index (χ1) is 18.8. The molecule has 2 rings (SSSR count). The Morgan fingerprint density at radius 1 is 0.463 bits per heavy atom. The van der Waals surface area contributed by atoms with Gasteiger partial charge in [0.1, 0.15) is 0 Å². The van der Waals surface area contributed by atoms with Crippen LogP contribution in [0.5, 0.6) is 0 Å². The smallest absolute Gasteiger partial charge is 0.780 e. The Labute approximate surface area is 311 Å². The van der Waals surface area contributed by atoms with E-state index in [1.807, 2.05) is 0 Å². The fraction of sp³-hybridized carbons (Fsp3) is 0.586. The fourth-order valence-corrected chi connectivity index (χ4v) is 6.28. The van der Waals surface area contributed by atoms with Crippen LogP contribution < -0.4 is 0 Å². The van der Waals surface area contributed by atoms with Gasteiger partial charge in [0.05, 0.1) is 36.2 Å². The molecule has 12 heteroatoms. The third kappa shape index (κ3) is 16.6. The van der Waals surface area contributed by atoms with E-state index in [-0.39, 0.29) is 16.5 Å². The molecule has 0 bridgehead atoms. The summed E-state index contributed by atoms with van der Waals surface area (Å²) in [5.41, 5.74) is 0. The van der Waals surface area contributed by atoms with Gasteiger partial charge in [0.15, 0.2) is 0 Å². The standard InChI is InChI=1S/C17H38N.2C6H3Cl3S2.Ni/c1-5-9-13-17-18(14-10-6-2,15-11-7-3)16-12-8-4;2*7-2-1-3(8)5(10)6(11)4(2)9;/h5-17H2,1-4H3;2*1,10-11H;/q+1;;;+3/p-4. The van der Waals surface area contributed by atoms with Gasteiger partial charge in [-0.3, -0.25) is 0 Å². The third-order valence-corrected chi connectivity index (χ3v) is 10.9. The van der Waals surface area contributed by atoms with Crippen molar-refractivity contribution in [2.24, 2.45) is 0 Å². The molecule has 0 spiro atoms. The molecule has 0 N–H and O–H groups in total. The van der Waals surface area contributed by atoms with E-state index >= 15 is 0 Å².